The van der Waals surface area contributed by atoms with E-state index < -0.39 is 12.1 Å². The van der Waals surface area contributed by atoms with E-state index in [-0.39, 0.29) is 5.75 Å². The molecule has 6 heteroatoms. The summed E-state index contributed by atoms with van der Waals surface area (Å²) in [5.41, 5.74) is 1.08. The molecule has 1 N–H and O–H groups in total. The van der Waals surface area contributed by atoms with Gasteiger partial charge in [-0.25, -0.2) is 4.79 Å². The number of carboxylic acid groups (broad SMARTS) is 1. The van der Waals surface area contributed by atoms with Gasteiger partial charge in [-0.1, -0.05) is 11.6 Å². The minimum Gasteiger partial charge on any atom is -0.474 e. The third kappa shape index (κ3) is 2.61. The van der Waals surface area contributed by atoms with Crippen LogP contribution in [0.2, 0.25) is 5.02 Å². The van der Waals surface area contributed by atoms with Crippen LogP contribution in [0.1, 0.15) is 11.1 Å². The lowest BCUT2D eigenvalue weighted by Gasteiger charge is -2.14. The number of aryl methyl sites for hydroxylation is 2. The molecule has 0 aliphatic rings. The number of aliphatic carboxylic acids is 1. The maximum absolute atomic E-state index is 12.7. The van der Waals surface area contributed by atoms with Crippen LogP contribution in [0.4, 0.5) is 8.78 Å². The Morgan fingerprint density at radius 3 is 2.19 bits per heavy atom. The molecule has 0 fully saturated rings. The van der Waals surface area contributed by atoms with E-state index in [0.29, 0.717) is 16.1 Å². The SMILES string of the molecule is Cc1cc(OC(F)(F)C(=O)O)cc(C)c1Cl. The molecule has 0 unspecified atom stereocenters. The van der Waals surface area contributed by atoms with Crippen molar-refractivity contribution >= 4 is 17.6 Å². The van der Waals surface area contributed by atoms with Gasteiger partial charge in [0.25, 0.3) is 0 Å². The predicted octanol–water partition coefficient (Wildman–Crippen LogP) is 3.01. The molecule has 0 aliphatic heterocycles. The van der Waals surface area contributed by atoms with Crippen molar-refractivity contribution in [2.45, 2.75) is 20.0 Å². The van der Waals surface area contributed by atoms with E-state index in [9.17, 15) is 13.6 Å². The molecule has 1 aromatic rings. The highest BCUT2D eigenvalue weighted by molar-refractivity contribution is 6.32. The summed E-state index contributed by atoms with van der Waals surface area (Å²) < 4.78 is 29.6. The number of carbonyl (C=O) groups is 1. The summed E-state index contributed by atoms with van der Waals surface area (Å²) in [4.78, 5) is 10.2. The monoisotopic (exact) mass is 250 g/mol. The maximum Gasteiger partial charge on any atom is 0.501 e. The van der Waals surface area contributed by atoms with Crippen molar-refractivity contribution in [1.29, 1.82) is 0 Å². The van der Waals surface area contributed by atoms with Gasteiger partial charge in [-0.05, 0) is 37.1 Å². The van der Waals surface area contributed by atoms with Crippen LogP contribution in [0, 0.1) is 13.8 Å². The summed E-state index contributed by atoms with van der Waals surface area (Å²) in [6.07, 6.45) is -4.24. The van der Waals surface area contributed by atoms with Crippen LogP contribution < -0.4 is 4.74 Å². The molecule has 88 valence electrons. The number of ether oxygens (including phenoxy) is 1. The van der Waals surface area contributed by atoms with Gasteiger partial charge in [0, 0.05) is 5.02 Å². The fourth-order valence-electron chi connectivity index (χ4n) is 1.16. The van der Waals surface area contributed by atoms with E-state index in [1.165, 1.54) is 12.1 Å². The first-order valence-electron chi connectivity index (χ1n) is 4.31. The average molecular weight is 251 g/mol. The summed E-state index contributed by atoms with van der Waals surface area (Å²) in [5.74, 6) is -2.57. The number of hydrogen-bond acceptors (Lipinski definition) is 2. The van der Waals surface area contributed by atoms with Crippen molar-refractivity contribution in [1.82, 2.24) is 0 Å². The van der Waals surface area contributed by atoms with Gasteiger partial charge < -0.3 is 9.84 Å². The van der Waals surface area contributed by atoms with Crippen molar-refractivity contribution in [3.8, 4) is 5.75 Å². The summed E-state index contributed by atoms with van der Waals surface area (Å²) >= 11 is 5.82. The zero-order valence-corrected chi connectivity index (χ0v) is 9.31. The molecule has 0 heterocycles. The lowest BCUT2D eigenvalue weighted by molar-refractivity contribution is -0.210. The predicted molar refractivity (Wildman–Crippen MR) is 54.1 cm³/mol. The summed E-state index contributed by atoms with van der Waals surface area (Å²) in [6, 6.07) is 2.51. The van der Waals surface area contributed by atoms with Crippen molar-refractivity contribution in [3.05, 3.63) is 28.3 Å². The summed E-state index contributed by atoms with van der Waals surface area (Å²) in [6.45, 7) is 3.22. The normalized spacial score (nSPS) is 11.3. The molecule has 16 heavy (non-hydrogen) atoms. The second-order valence-electron chi connectivity index (χ2n) is 3.30. The summed E-state index contributed by atoms with van der Waals surface area (Å²) in [7, 11) is 0. The number of rotatable bonds is 3. The van der Waals surface area contributed by atoms with E-state index in [1.54, 1.807) is 13.8 Å². The highest BCUT2D eigenvalue weighted by atomic mass is 35.5. The Kier molecular flexibility index (Phi) is 3.38. The van der Waals surface area contributed by atoms with E-state index >= 15 is 0 Å². The minimum atomic E-state index is -4.24. The fourth-order valence-corrected chi connectivity index (χ4v) is 1.27. The molecule has 0 radical (unpaired) electrons. The Bertz CT molecular complexity index is 409. The molecule has 0 bridgehead atoms. The molecule has 3 nitrogen and oxygen atoms in total. The van der Waals surface area contributed by atoms with Crippen molar-refractivity contribution in [2.75, 3.05) is 0 Å². The number of alkyl halides is 2. The van der Waals surface area contributed by atoms with E-state index in [0.717, 1.165) is 0 Å². The highest BCUT2D eigenvalue weighted by Crippen LogP contribution is 2.29. The first-order valence-corrected chi connectivity index (χ1v) is 4.69. The Morgan fingerprint density at radius 1 is 1.38 bits per heavy atom. The molecule has 0 aromatic heterocycles. The average Bonchev–Trinajstić information content (AvgIpc) is 2.13. The molecule has 0 saturated heterocycles. The minimum absolute atomic E-state index is 0.230. The quantitative estimate of drug-likeness (QED) is 0.897. The largest absolute Gasteiger partial charge is 0.501 e. The second kappa shape index (κ2) is 4.25. The molecular formula is C10H9ClF2O3. The number of hydrogen-bond donors (Lipinski definition) is 1. The van der Waals surface area contributed by atoms with Gasteiger partial charge in [-0.2, -0.15) is 8.78 Å². The summed E-state index contributed by atoms with van der Waals surface area (Å²) in [5, 5.41) is 8.63. The van der Waals surface area contributed by atoms with Gasteiger partial charge in [0.05, 0.1) is 0 Å². The molecule has 1 aromatic carbocycles. The molecule has 0 spiro atoms. The number of halogens is 3. The molecule has 0 aliphatic carbocycles. The Balaban J connectivity index is 3.04. The van der Waals surface area contributed by atoms with Gasteiger partial charge in [0.2, 0.25) is 0 Å². The maximum atomic E-state index is 12.7. The highest BCUT2D eigenvalue weighted by Gasteiger charge is 2.42. The van der Waals surface area contributed by atoms with Gasteiger partial charge in [0.15, 0.2) is 0 Å². The van der Waals surface area contributed by atoms with Gasteiger partial charge in [-0.15, -0.1) is 0 Å². The fraction of sp³-hybridized carbons (Fsp3) is 0.300. The van der Waals surface area contributed by atoms with Gasteiger partial charge in [0.1, 0.15) is 5.75 Å². The number of benzene rings is 1. The Hall–Kier alpha value is -1.36. The molecule has 1 rings (SSSR count). The Labute approximate surface area is 95.6 Å². The van der Waals surface area contributed by atoms with Gasteiger partial charge in [-0.3, -0.25) is 0 Å². The zero-order valence-electron chi connectivity index (χ0n) is 8.55. The molecule has 0 atom stereocenters. The van der Waals surface area contributed by atoms with Gasteiger partial charge >= 0.3 is 12.1 Å². The zero-order chi connectivity index (χ0) is 12.5. The first-order chi connectivity index (χ1) is 7.24. The van der Waals surface area contributed by atoms with Crippen LogP contribution in [-0.2, 0) is 4.79 Å². The third-order valence-electron chi connectivity index (χ3n) is 1.90. The standard InChI is InChI=1S/C10H9ClF2O3/c1-5-3-7(4-6(2)8(5)11)16-10(12,13)9(14)15/h3-4H,1-2H3,(H,14,15). The van der Waals surface area contributed by atoms with Crippen molar-refractivity contribution in [2.24, 2.45) is 0 Å². The van der Waals surface area contributed by atoms with Crippen LogP contribution in [0.5, 0.6) is 5.75 Å². The third-order valence-corrected chi connectivity index (χ3v) is 2.50. The van der Waals surface area contributed by atoms with Crippen LogP contribution in [0.3, 0.4) is 0 Å². The van der Waals surface area contributed by atoms with Crippen LogP contribution in [0.15, 0.2) is 12.1 Å². The smallest absolute Gasteiger partial charge is 0.474 e. The molecule has 0 amide bonds. The van der Waals surface area contributed by atoms with Crippen LogP contribution >= 0.6 is 11.6 Å². The van der Waals surface area contributed by atoms with E-state index in [4.69, 9.17) is 16.7 Å². The van der Waals surface area contributed by atoms with Crippen LogP contribution in [0.25, 0.3) is 0 Å². The van der Waals surface area contributed by atoms with Crippen molar-refractivity contribution in [3.63, 3.8) is 0 Å². The molecule has 0 saturated carbocycles. The number of carboxylic acids is 1. The van der Waals surface area contributed by atoms with E-state index in [1.807, 2.05) is 0 Å². The Morgan fingerprint density at radius 2 is 1.81 bits per heavy atom. The van der Waals surface area contributed by atoms with Crippen LogP contribution in [-0.4, -0.2) is 17.2 Å². The van der Waals surface area contributed by atoms with Crippen molar-refractivity contribution < 1.29 is 23.4 Å². The molecular weight excluding hydrogens is 242 g/mol. The second-order valence-corrected chi connectivity index (χ2v) is 3.67. The first kappa shape index (κ1) is 12.7. The lowest BCUT2D eigenvalue weighted by atomic mass is 10.1. The topological polar surface area (TPSA) is 46.5 Å². The van der Waals surface area contributed by atoms with E-state index in [2.05, 4.69) is 4.74 Å². The lowest BCUT2D eigenvalue weighted by Crippen LogP contribution is -2.34.